The van der Waals surface area contributed by atoms with Crippen LogP contribution in [0.1, 0.15) is 23.3 Å². The van der Waals surface area contributed by atoms with Gasteiger partial charge in [0.2, 0.25) is 0 Å². The van der Waals surface area contributed by atoms with E-state index in [9.17, 15) is 9.90 Å². The Hall–Kier alpha value is -1.14. The summed E-state index contributed by atoms with van der Waals surface area (Å²) in [5.74, 6) is -0.491. The minimum Gasteiger partial charge on any atom is -0.393 e. The summed E-state index contributed by atoms with van der Waals surface area (Å²) in [6, 6.07) is 0. The fourth-order valence-electron chi connectivity index (χ4n) is 1.58. The molecule has 0 aromatic carbocycles. The van der Waals surface area contributed by atoms with Crippen LogP contribution in [0.3, 0.4) is 0 Å². The molecule has 2 rings (SSSR count). The van der Waals surface area contributed by atoms with Crippen LogP contribution in [0.25, 0.3) is 0 Å². The summed E-state index contributed by atoms with van der Waals surface area (Å²) < 4.78 is 0. The monoisotopic (exact) mass is 227 g/mol. The second kappa shape index (κ2) is 4.16. The van der Waals surface area contributed by atoms with E-state index in [-0.39, 0.29) is 6.10 Å². The first-order chi connectivity index (χ1) is 7.16. The average Bonchev–Trinajstić information content (AvgIpc) is 2.68. The Bertz CT molecular complexity index is 358. The molecule has 0 atom stereocenters. The van der Waals surface area contributed by atoms with Crippen LogP contribution in [0.2, 0.25) is 0 Å². The Labute approximate surface area is 91.5 Å². The van der Waals surface area contributed by atoms with Crippen LogP contribution in [-0.2, 0) is 0 Å². The summed E-state index contributed by atoms with van der Waals surface area (Å²) in [4.78, 5) is 17.1. The molecule has 82 valence electrons. The predicted molar refractivity (Wildman–Crippen MR) is 58.1 cm³/mol. The second-order valence-corrected chi connectivity index (χ2v) is 4.43. The summed E-state index contributed by atoms with van der Waals surface area (Å²) >= 11 is 1.42. The van der Waals surface area contributed by atoms with Gasteiger partial charge in [0.25, 0.3) is 5.91 Å². The Kier molecular flexibility index (Phi) is 2.88. The molecular weight excluding hydrogens is 214 g/mol. The van der Waals surface area contributed by atoms with E-state index in [1.54, 1.807) is 5.38 Å². The van der Waals surface area contributed by atoms with Crippen molar-refractivity contribution in [3.05, 3.63) is 11.1 Å². The first-order valence-electron chi connectivity index (χ1n) is 4.85. The summed E-state index contributed by atoms with van der Waals surface area (Å²) in [6.07, 6.45) is 1.31. The normalized spacial score (nSPS) is 18.1. The lowest BCUT2D eigenvalue weighted by Crippen LogP contribution is -2.35. The van der Waals surface area contributed by atoms with Gasteiger partial charge in [-0.25, -0.2) is 4.98 Å². The van der Waals surface area contributed by atoms with Crippen LogP contribution < -0.4 is 10.6 Å². The molecule has 1 aliphatic rings. The average molecular weight is 227 g/mol. The first kappa shape index (κ1) is 10.4. The minimum atomic E-state index is -0.491. The number of hydrogen-bond donors (Lipinski definition) is 2. The van der Waals surface area contributed by atoms with Crippen molar-refractivity contribution in [1.82, 2.24) is 4.98 Å². The number of hydrogen-bond acceptors (Lipinski definition) is 5. The fourth-order valence-corrected chi connectivity index (χ4v) is 2.45. The predicted octanol–water partition coefficient (Wildman–Crippen LogP) is 0.203. The van der Waals surface area contributed by atoms with Gasteiger partial charge < -0.3 is 15.7 Å². The Morgan fingerprint density at radius 3 is 2.80 bits per heavy atom. The van der Waals surface area contributed by atoms with E-state index in [2.05, 4.69) is 9.88 Å². The molecule has 1 aromatic heterocycles. The van der Waals surface area contributed by atoms with Gasteiger partial charge >= 0.3 is 0 Å². The van der Waals surface area contributed by atoms with Gasteiger partial charge in [-0.1, -0.05) is 0 Å². The second-order valence-electron chi connectivity index (χ2n) is 3.60. The zero-order valence-corrected chi connectivity index (χ0v) is 9.04. The highest BCUT2D eigenvalue weighted by Crippen LogP contribution is 2.23. The lowest BCUT2D eigenvalue weighted by Gasteiger charge is -2.28. The molecule has 0 radical (unpaired) electrons. The van der Waals surface area contributed by atoms with Crippen LogP contribution in [0, 0.1) is 0 Å². The molecule has 2 heterocycles. The van der Waals surface area contributed by atoms with E-state index >= 15 is 0 Å². The zero-order valence-electron chi connectivity index (χ0n) is 8.22. The van der Waals surface area contributed by atoms with Crippen LogP contribution in [-0.4, -0.2) is 35.2 Å². The van der Waals surface area contributed by atoms with E-state index in [1.807, 2.05) is 0 Å². The van der Waals surface area contributed by atoms with Gasteiger partial charge in [-0.3, -0.25) is 4.79 Å². The smallest absolute Gasteiger partial charge is 0.268 e. The molecular formula is C9H13N3O2S. The molecule has 0 aliphatic carbocycles. The van der Waals surface area contributed by atoms with Crippen molar-refractivity contribution in [3.8, 4) is 0 Å². The van der Waals surface area contributed by atoms with Crippen molar-refractivity contribution in [1.29, 1.82) is 0 Å². The first-order valence-corrected chi connectivity index (χ1v) is 5.73. The highest BCUT2D eigenvalue weighted by molar-refractivity contribution is 7.13. The van der Waals surface area contributed by atoms with Crippen molar-refractivity contribution < 1.29 is 9.90 Å². The number of carbonyl (C=O) groups is 1. The van der Waals surface area contributed by atoms with Crippen LogP contribution in [0.4, 0.5) is 5.13 Å². The van der Waals surface area contributed by atoms with E-state index in [0.29, 0.717) is 5.69 Å². The molecule has 15 heavy (non-hydrogen) atoms. The maximum absolute atomic E-state index is 10.9. The highest BCUT2D eigenvalue weighted by atomic mass is 32.1. The van der Waals surface area contributed by atoms with Gasteiger partial charge in [0.05, 0.1) is 6.10 Å². The fraction of sp³-hybridized carbons (Fsp3) is 0.556. The molecule has 1 aromatic rings. The third-order valence-electron chi connectivity index (χ3n) is 2.48. The van der Waals surface area contributed by atoms with E-state index in [0.717, 1.165) is 31.1 Å². The molecule has 3 N–H and O–H groups in total. The van der Waals surface area contributed by atoms with Gasteiger partial charge in [-0.15, -0.1) is 11.3 Å². The number of nitrogens with zero attached hydrogens (tertiary/aromatic N) is 2. The minimum absolute atomic E-state index is 0.197. The topological polar surface area (TPSA) is 79.5 Å². The molecule has 5 nitrogen and oxygen atoms in total. The summed E-state index contributed by atoms with van der Waals surface area (Å²) in [6.45, 7) is 1.57. The van der Waals surface area contributed by atoms with Gasteiger partial charge in [0, 0.05) is 18.5 Å². The lowest BCUT2D eigenvalue weighted by molar-refractivity contribution is 0.0996. The number of carbonyl (C=O) groups excluding carboxylic acids is 1. The number of aromatic nitrogens is 1. The molecule has 0 saturated carbocycles. The maximum Gasteiger partial charge on any atom is 0.268 e. The van der Waals surface area contributed by atoms with Crippen molar-refractivity contribution in [2.45, 2.75) is 18.9 Å². The molecule has 1 fully saturated rings. The number of aliphatic hydroxyl groups is 1. The zero-order chi connectivity index (χ0) is 10.8. The van der Waals surface area contributed by atoms with E-state index in [1.165, 1.54) is 11.3 Å². The third-order valence-corrected chi connectivity index (χ3v) is 3.38. The van der Waals surface area contributed by atoms with E-state index < -0.39 is 5.91 Å². The molecule has 1 aliphatic heterocycles. The number of amides is 1. The molecule has 0 unspecified atom stereocenters. The van der Waals surface area contributed by atoms with Crippen molar-refractivity contribution >= 4 is 22.4 Å². The molecule has 0 bridgehead atoms. The molecule has 1 amide bonds. The van der Waals surface area contributed by atoms with E-state index in [4.69, 9.17) is 5.73 Å². The number of anilines is 1. The van der Waals surface area contributed by atoms with Crippen LogP contribution in [0.5, 0.6) is 0 Å². The summed E-state index contributed by atoms with van der Waals surface area (Å²) in [5.41, 5.74) is 5.45. The van der Waals surface area contributed by atoms with Gasteiger partial charge in [-0.05, 0) is 12.8 Å². The quantitative estimate of drug-likeness (QED) is 0.756. The van der Waals surface area contributed by atoms with Crippen molar-refractivity contribution in [2.24, 2.45) is 5.73 Å². The number of piperidine rings is 1. The van der Waals surface area contributed by atoms with Crippen molar-refractivity contribution in [3.63, 3.8) is 0 Å². The number of thiazole rings is 1. The maximum atomic E-state index is 10.9. The highest BCUT2D eigenvalue weighted by Gasteiger charge is 2.20. The summed E-state index contributed by atoms with van der Waals surface area (Å²) in [7, 11) is 0. The van der Waals surface area contributed by atoms with Crippen LogP contribution in [0.15, 0.2) is 5.38 Å². The number of nitrogens with two attached hydrogens (primary N) is 1. The Morgan fingerprint density at radius 1 is 1.60 bits per heavy atom. The largest absolute Gasteiger partial charge is 0.393 e. The molecule has 1 saturated heterocycles. The third kappa shape index (κ3) is 2.27. The number of rotatable bonds is 2. The molecule has 0 spiro atoms. The van der Waals surface area contributed by atoms with Gasteiger partial charge in [-0.2, -0.15) is 0 Å². The van der Waals surface area contributed by atoms with Gasteiger partial charge in [0.1, 0.15) is 5.69 Å². The summed E-state index contributed by atoms with van der Waals surface area (Å²) in [5, 5.41) is 11.8. The number of aliphatic hydroxyl groups excluding tert-OH is 1. The Balaban J connectivity index is 2.06. The SMILES string of the molecule is NC(=O)c1csc(N2CCC(O)CC2)n1. The molecule has 6 heteroatoms. The van der Waals surface area contributed by atoms with Crippen LogP contribution >= 0.6 is 11.3 Å². The Morgan fingerprint density at radius 2 is 2.27 bits per heavy atom. The lowest BCUT2D eigenvalue weighted by atomic mass is 10.1. The standard InChI is InChI=1S/C9H13N3O2S/c10-8(14)7-5-15-9(11-7)12-3-1-6(13)2-4-12/h5-6,13H,1-4H2,(H2,10,14). The van der Waals surface area contributed by atoms with Crippen molar-refractivity contribution in [2.75, 3.05) is 18.0 Å². The van der Waals surface area contributed by atoms with Gasteiger partial charge in [0.15, 0.2) is 5.13 Å². The number of primary amides is 1.